The van der Waals surface area contributed by atoms with Crippen LogP contribution in [-0.2, 0) is 0 Å². The zero-order valence-corrected chi connectivity index (χ0v) is 13.0. The molecule has 0 aliphatic heterocycles. The van der Waals surface area contributed by atoms with Crippen LogP contribution in [0.15, 0.2) is 41.5 Å². The van der Waals surface area contributed by atoms with E-state index >= 15 is 0 Å². The van der Waals surface area contributed by atoms with Gasteiger partial charge in [-0.1, -0.05) is 29.5 Å². The van der Waals surface area contributed by atoms with E-state index < -0.39 is 32.8 Å². The molecule has 0 fully saturated rings. The second-order valence-electron chi connectivity index (χ2n) is 4.60. The highest BCUT2D eigenvalue weighted by Crippen LogP contribution is 2.24. The Morgan fingerprint density at radius 1 is 1.12 bits per heavy atom. The summed E-state index contributed by atoms with van der Waals surface area (Å²) in [6, 6.07) is 6.58. The number of rotatable bonds is 5. The molecule has 1 amide bonds. The number of hydrazone groups is 1. The summed E-state index contributed by atoms with van der Waals surface area (Å²) in [5, 5.41) is 36.6. The summed E-state index contributed by atoms with van der Waals surface area (Å²) in [6.45, 7) is 0. The molecule has 2 rings (SSSR count). The summed E-state index contributed by atoms with van der Waals surface area (Å²) < 4.78 is 0. The van der Waals surface area contributed by atoms with Crippen molar-refractivity contribution >= 4 is 35.1 Å². The molecule has 0 bridgehead atoms. The van der Waals surface area contributed by atoms with Crippen LogP contribution in [-0.4, -0.2) is 22.0 Å². The number of benzene rings is 2. The van der Waals surface area contributed by atoms with Crippen LogP contribution in [0.3, 0.4) is 0 Å². The summed E-state index contributed by atoms with van der Waals surface area (Å²) in [6.07, 6.45) is 1.10. The van der Waals surface area contributed by atoms with Gasteiger partial charge in [0.2, 0.25) is 0 Å². The molecule has 0 aromatic heterocycles. The molecule has 0 unspecified atom stereocenters. The van der Waals surface area contributed by atoms with Crippen molar-refractivity contribution in [1.29, 1.82) is 0 Å². The molecule has 0 atom stereocenters. The lowest BCUT2D eigenvalue weighted by Crippen LogP contribution is -2.19. The van der Waals surface area contributed by atoms with Crippen molar-refractivity contribution < 1.29 is 19.7 Å². The van der Waals surface area contributed by atoms with Gasteiger partial charge in [0.1, 0.15) is 5.02 Å². The SMILES string of the molecule is O=C(NN=Cc1ccc(Cl)c([N+](=O)[O-])c1)c1cc([N+](=O)[O-])ccc1[O-]. The molecule has 2 aromatic rings. The molecule has 11 heteroatoms. The largest absolute Gasteiger partial charge is 0.872 e. The van der Waals surface area contributed by atoms with E-state index in [-0.39, 0.29) is 16.3 Å². The van der Waals surface area contributed by atoms with Gasteiger partial charge in [0.15, 0.2) is 0 Å². The van der Waals surface area contributed by atoms with Gasteiger partial charge in [-0.25, -0.2) is 5.43 Å². The van der Waals surface area contributed by atoms with Crippen molar-refractivity contribution in [2.45, 2.75) is 0 Å². The third kappa shape index (κ3) is 4.26. The number of hydrogen-bond donors (Lipinski definition) is 1. The first-order valence-electron chi connectivity index (χ1n) is 6.52. The van der Waals surface area contributed by atoms with Gasteiger partial charge in [0.25, 0.3) is 17.3 Å². The highest BCUT2D eigenvalue weighted by Gasteiger charge is 2.13. The van der Waals surface area contributed by atoms with Crippen molar-refractivity contribution in [3.63, 3.8) is 0 Å². The number of hydrogen-bond acceptors (Lipinski definition) is 7. The van der Waals surface area contributed by atoms with Crippen molar-refractivity contribution in [3.05, 3.63) is 72.8 Å². The lowest BCUT2D eigenvalue weighted by atomic mass is 10.1. The number of nitrogens with zero attached hydrogens (tertiary/aromatic N) is 3. The van der Waals surface area contributed by atoms with Gasteiger partial charge in [-0.15, -0.1) is 0 Å². The number of nitro benzene ring substituents is 2. The Morgan fingerprint density at radius 3 is 2.48 bits per heavy atom. The molecule has 25 heavy (non-hydrogen) atoms. The minimum Gasteiger partial charge on any atom is -0.872 e. The van der Waals surface area contributed by atoms with Crippen molar-refractivity contribution in [3.8, 4) is 5.75 Å². The van der Waals surface area contributed by atoms with Crippen LogP contribution >= 0.6 is 11.6 Å². The topological polar surface area (TPSA) is 151 Å². The molecule has 0 radical (unpaired) electrons. The number of amides is 1. The molecule has 1 N–H and O–H groups in total. The van der Waals surface area contributed by atoms with E-state index in [4.69, 9.17) is 11.6 Å². The predicted octanol–water partition coefficient (Wildman–Crippen LogP) is 1.99. The molecule has 0 aliphatic carbocycles. The summed E-state index contributed by atoms with van der Waals surface area (Å²) in [5.74, 6) is -1.66. The van der Waals surface area contributed by atoms with Gasteiger partial charge in [0, 0.05) is 29.3 Å². The second-order valence-corrected chi connectivity index (χ2v) is 5.01. The minimum atomic E-state index is -0.951. The Labute approximate surface area is 144 Å². The maximum atomic E-state index is 11.9. The maximum Gasteiger partial charge on any atom is 0.288 e. The Bertz CT molecular complexity index is 899. The molecule has 0 saturated heterocycles. The number of carbonyl (C=O) groups is 1. The third-order valence-corrected chi connectivity index (χ3v) is 3.28. The average molecular weight is 364 g/mol. The zero-order chi connectivity index (χ0) is 18.6. The van der Waals surface area contributed by atoms with Gasteiger partial charge in [0.05, 0.1) is 16.1 Å². The van der Waals surface area contributed by atoms with E-state index in [0.29, 0.717) is 0 Å². The Kier molecular flexibility index (Phi) is 5.25. The van der Waals surface area contributed by atoms with Crippen molar-refractivity contribution in [2.24, 2.45) is 5.10 Å². The summed E-state index contributed by atoms with van der Waals surface area (Å²) in [7, 11) is 0. The lowest BCUT2D eigenvalue weighted by molar-refractivity contribution is -0.385. The normalized spacial score (nSPS) is 10.6. The highest BCUT2D eigenvalue weighted by atomic mass is 35.5. The zero-order valence-electron chi connectivity index (χ0n) is 12.2. The van der Waals surface area contributed by atoms with Gasteiger partial charge in [-0.2, -0.15) is 5.10 Å². The Morgan fingerprint density at radius 2 is 1.84 bits per heavy atom. The van der Waals surface area contributed by atoms with Crippen LogP contribution in [0.4, 0.5) is 11.4 Å². The van der Waals surface area contributed by atoms with Crippen LogP contribution in [0.25, 0.3) is 0 Å². The lowest BCUT2D eigenvalue weighted by Gasteiger charge is -2.10. The van der Waals surface area contributed by atoms with Crippen molar-refractivity contribution in [2.75, 3.05) is 0 Å². The van der Waals surface area contributed by atoms with Gasteiger partial charge in [-0.05, 0) is 6.07 Å². The molecule has 0 saturated carbocycles. The number of nitro groups is 2. The molecule has 0 heterocycles. The molecule has 2 aromatic carbocycles. The number of carbonyl (C=O) groups excluding carboxylic acids is 1. The quantitative estimate of drug-likeness (QED) is 0.487. The van der Waals surface area contributed by atoms with Gasteiger partial charge in [-0.3, -0.25) is 25.0 Å². The fourth-order valence-corrected chi connectivity index (χ4v) is 1.97. The Hall–Kier alpha value is -3.53. The van der Waals surface area contributed by atoms with E-state index in [0.717, 1.165) is 30.5 Å². The number of non-ortho nitro benzene ring substituents is 1. The van der Waals surface area contributed by atoms with Crippen LogP contribution < -0.4 is 10.5 Å². The van der Waals surface area contributed by atoms with Crippen LogP contribution in [0, 0.1) is 20.2 Å². The summed E-state index contributed by atoms with van der Waals surface area (Å²) >= 11 is 5.67. The van der Waals surface area contributed by atoms with E-state index in [1.165, 1.54) is 12.1 Å². The molecular weight excluding hydrogens is 356 g/mol. The number of nitrogens with one attached hydrogen (secondary N) is 1. The molecule has 128 valence electrons. The summed E-state index contributed by atoms with van der Waals surface area (Å²) in [5.41, 5.74) is 1.10. The average Bonchev–Trinajstić information content (AvgIpc) is 2.56. The predicted molar refractivity (Wildman–Crippen MR) is 85.7 cm³/mol. The molecule has 10 nitrogen and oxygen atoms in total. The van der Waals surface area contributed by atoms with Crippen LogP contribution in [0.5, 0.6) is 5.75 Å². The number of halogens is 1. The third-order valence-electron chi connectivity index (χ3n) is 2.97. The van der Waals surface area contributed by atoms with Crippen LogP contribution in [0.1, 0.15) is 15.9 Å². The van der Waals surface area contributed by atoms with E-state index in [9.17, 15) is 30.1 Å². The first-order chi connectivity index (χ1) is 11.8. The fourth-order valence-electron chi connectivity index (χ4n) is 1.78. The fraction of sp³-hybridized carbons (Fsp3) is 0. The molecular formula is C14H8ClN4O6-. The van der Waals surface area contributed by atoms with E-state index in [1.807, 2.05) is 5.43 Å². The first-order valence-corrected chi connectivity index (χ1v) is 6.90. The van der Waals surface area contributed by atoms with Gasteiger partial charge < -0.3 is 5.11 Å². The van der Waals surface area contributed by atoms with E-state index in [2.05, 4.69) is 5.10 Å². The minimum absolute atomic E-state index is 0.0567. The van der Waals surface area contributed by atoms with E-state index in [1.54, 1.807) is 0 Å². The smallest absolute Gasteiger partial charge is 0.288 e. The maximum absolute atomic E-state index is 11.9. The Balaban J connectivity index is 2.16. The second kappa shape index (κ2) is 7.36. The standard InChI is InChI=1S/C14H9ClN4O6/c15-11-3-1-8(5-12(11)19(24)25)7-16-17-14(21)10-6-9(18(22)23)2-4-13(10)20/h1-7,20H,(H,17,21)/p-1. The van der Waals surface area contributed by atoms with Crippen molar-refractivity contribution in [1.82, 2.24) is 5.43 Å². The highest BCUT2D eigenvalue weighted by molar-refractivity contribution is 6.32. The van der Waals surface area contributed by atoms with Gasteiger partial charge >= 0.3 is 0 Å². The van der Waals surface area contributed by atoms with Crippen LogP contribution in [0.2, 0.25) is 5.02 Å². The monoisotopic (exact) mass is 363 g/mol. The summed E-state index contributed by atoms with van der Waals surface area (Å²) in [4.78, 5) is 31.9. The molecule has 0 spiro atoms. The first kappa shape index (κ1) is 17.8. The molecule has 0 aliphatic rings.